The standard InChI is InChI=1S/C14H19NO4S/c1-19-13-4-2-3-11(7-13)8-14(16)15-9-12-5-6-20(17,18)10-12/h2-4,7,12H,5-6,8-10H2,1H3,(H,15,16). The molecule has 2 rings (SSSR count). The number of rotatable bonds is 5. The van der Waals surface area contributed by atoms with Crippen LogP contribution in [-0.4, -0.2) is 39.5 Å². The molecule has 0 saturated carbocycles. The smallest absolute Gasteiger partial charge is 0.224 e. The monoisotopic (exact) mass is 297 g/mol. The van der Waals surface area contributed by atoms with Crippen molar-refractivity contribution >= 4 is 15.7 Å². The average Bonchev–Trinajstić information content (AvgIpc) is 2.76. The molecule has 0 aromatic heterocycles. The molecule has 1 amide bonds. The molecule has 1 aliphatic rings. The second-order valence-electron chi connectivity index (χ2n) is 5.10. The summed E-state index contributed by atoms with van der Waals surface area (Å²) in [7, 11) is -1.30. The number of carbonyl (C=O) groups excluding carboxylic acids is 1. The Labute approximate surface area is 119 Å². The first-order chi connectivity index (χ1) is 9.48. The highest BCUT2D eigenvalue weighted by Gasteiger charge is 2.27. The molecule has 1 heterocycles. The average molecular weight is 297 g/mol. The van der Waals surface area contributed by atoms with E-state index in [1.54, 1.807) is 7.11 Å². The number of amides is 1. The lowest BCUT2D eigenvalue weighted by Crippen LogP contribution is -2.31. The van der Waals surface area contributed by atoms with E-state index >= 15 is 0 Å². The van der Waals surface area contributed by atoms with Crippen molar-refractivity contribution in [1.29, 1.82) is 0 Å². The predicted octanol–water partition coefficient (Wildman–Crippen LogP) is 0.789. The second-order valence-corrected chi connectivity index (χ2v) is 7.33. The molecule has 5 nitrogen and oxygen atoms in total. The summed E-state index contributed by atoms with van der Waals surface area (Å²) >= 11 is 0. The van der Waals surface area contributed by atoms with Crippen molar-refractivity contribution in [2.24, 2.45) is 5.92 Å². The van der Waals surface area contributed by atoms with Crippen LogP contribution in [0.2, 0.25) is 0 Å². The van der Waals surface area contributed by atoms with Crippen molar-refractivity contribution < 1.29 is 17.9 Å². The van der Waals surface area contributed by atoms with Crippen LogP contribution in [0.1, 0.15) is 12.0 Å². The number of sulfone groups is 1. The van der Waals surface area contributed by atoms with Gasteiger partial charge in [0.1, 0.15) is 5.75 Å². The normalized spacial score (nSPS) is 20.6. The van der Waals surface area contributed by atoms with Crippen molar-refractivity contribution in [2.45, 2.75) is 12.8 Å². The molecule has 1 aliphatic heterocycles. The first kappa shape index (κ1) is 14.8. The van der Waals surface area contributed by atoms with Gasteiger partial charge in [0.15, 0.2) is 9.84 Å². The highest BCUT2D eigenvalue weighted by molar-refractivity contribution is 7.91. The number of ether oxygens (including phenoxy) is 1. The number of carbonyl (C=O) groups is 1. The number of benzene rings is 1. The van der Waals surface area contributed by atoms with Gasteiger partial charge in [-0.25, -0.2) is 8.42 Å². The van der Waals surface area contributed by atoms with E-state index in [1.807, 2.05) is 24.3 Å². The molecule has 0 aliphatic carbocycles. The van der Waals surface area contributed by atoms with E-state index in [4.69, 9.17) is 4.74 Å². The van der Waals surface area contributed by atoms with Gasteiger partial charge in [0.05, 0.1) is 25.0 Å². The highest BCUT2D eigenvalue weighted by atomic mass is 32.2. The fourth-order valence-corrected chi connectivity index (χ4v) is 4.18. The lowest BCUT2D eigenvalue weighted by Gasteiger charge is -2.10. The van der Waals surface area contributed by atoms with Crippen molar-refractivity contribution in [3.63, 3.8) is 0 Å². The summed E-state index contributed by atoms with van der Waals surface area (Å²) < 4.78 is 27.7. The quantitative estimate of drug-likeness (QED) is 0.872. The molecule has 1 saturated heterocycles. The van der Waals surface area contributed by atoms with Gasteiger partial charge in [0.2, 0.25) is 5.91 Å². The largest absolute Gasteiger partial charge is 0.497 e. The van der Waals surface area contributed by atoms with Crippen LogP contribution in [0.3, 0.4) is 0 Å². The Bertz CT molecular complexity index is 583. The van der Waals surface area contributed by atoms with Gasteiger partial charge in [0, 0.05) is 6.54 Å². The van der Waals surface area contributed by atoms with Gasteiger partial charge in [-0.2, -0.15) is 0 Å². The van der Waals surface area contributed by atoms with Gasteiger partial charge in [-0.1, -0.05) is 12.1 Å². The molecule has 1 N–H and O–H groups in total. The van der Waals surface area contributed by atoms with Gasteiger partial charge < -0.3 is 10.1 Å². The van der Waals surface area contributed by atoms with Crippen LogP contribution < -0.4 is 10.1 Å². The first-order valence-corrected chi connectivity index (χ1v) is 8.41. The van der Waals surface area contributed by atoms with E-state index in [0.29, 0.717) is 13.0 Å². The molecular formula is C14H19NO4S. The Hall–Kier alpha value is -1.56. The molecule has 1 aromatic rings. The van der Waals surface area contributed by atoms with Crippen LogP contribution in [0, 0.1) is 5.92 Å². The van der Waals surface area contributed by atoms with E-state index in [9.17, 15) is 13.2 Å². The van der Waals surface area contributed by atoms with Gasteiger partial charge in [-0.05, 0) is 30.0 Å². The Morgan fingerprint density at radius 2 is 2.25 bits per heavy atom. The fourth-order valence-electron chi connectivity index (χ4n) is 2.32. The summed E-state index contributed by atoms with van der Waals surface area (Å²) in [5, 5.41) is 2.80. The van der Waals surface area contributed by atoms with E-state index < -0.39 is 9.84 Å². The zero-order valence-corrected chi connectivity index (χ0v) is 12.3. The van der Waals surface area contributed by atoms with Crippen LogP contribution in [0.15, 0.2) is 24.3 Å². The molecule has 1 aromatic carbocycles. The summed E-state index contributed by atoms with van der Waals surface area (Å²) in [4.78, 5) is 11.8. The molecule has 1 fully saturated rings. The van der Waals surface area contributed by atoms with Crippen LogP contribution >= 0.6 is 0 Å². The summed E-state index contributed by atoms with van der Waals surface area (Å²) in [6, 6.07) is 7.34. The number of hydrogen-bond donors (Lipinski definition) is 1. The van der Waals surface area contributed by atoms with E-state index in [2.05, 4.69) is 5.32 Å². The molecular weight excluding hydrogens is 278 g/mol. The number of nitrogens with one attached hydrogen (secondary N) is 1. The SMILES string of the molecule is COc1cccc(CC(=O)NCC2CCS(=O)(=O)C2)c1. The maximum atomic E-state index is 11.8. The molecule has 0 spiro atoms. The van der Waals surface area contributed by atoms with E-state index in [1.165, 1.54) is 0 Å². The zero-order chi connectivity index (χ0) is 14.6. The maximum Gasteiger partial charge on any atom is 0.224 e. The zero-order valence-electron chi connectivity index (χ0n) is 11.5. The molecule has 6 heteroatoms. The molecule has 20 heavy (non-hydrogen) atoms. The lowest BCUT2D eigenvalue weighted by atomic mass is 10.1. The minimum Gasteiger partial charge on any atom is -0.497 e. The minimum absolute atomic E-state index is 0.0502. The summed E-state index contributed by atoms with van der Waals surface area (Å²) in [5.74, 6) is 1.10. The number of hydrogen-bond acceptors (Lipinski definition) is 4. The van der Waals surface area contributed by atoms with Crippen molar-refractivity contribution in [1.82, 2.24) is 5.32 Å². The highest BCUT2D eigenvalue weighted by Crippen LogP contribution is 2.17. The number of methoxy groups -OCH3 is 1. The third-order valence-electron chi connectivity index (χ3n) is 3.41. The molecule has 110 valence electrons. The van der Waals surface area contributed by atoms with Gasteiger partial charge in [-0.15, -0.1) is 0 Å². The third kappa shape index (κ3) is 4.23. The molecule has 0 radical (unpaired) electrons. The van der Waals surface area contributed by atoms with Crippen molar-refractivity contribution in [3.8, 4) is 5.75 Å². The predicted molar refractivity (Wildman–Crippen MR) is 76.5 cm³/mol. The molecule has 1 atom stereocenters. The van der Waals surface area contributed by atoms with Crippen molar-refractivity contribution in [3.05, 3.63) is 29.8 Å². The Balaban J connectivity index is 1.81. The first-order valence-electron chi connectivity index (χ1n) is 6.58. The fraction of sp³-hybridized carbons (Fsp3) is 0.500. The van der Waals surface area contributed by atoms with Crippen LogP contribution in [-0.2, 0) is 21.1 Å². The van der Waals surface area contributed by atoms with Crippen LogP contribution in [0.4, 0.5) is 0 Å². The summed E-state index contributed by atoms with van der Waals surface area (Å²) in [6.07, 6.45) is 0.915. The Kier molecular flexibility index (Phi) is 4.65. The summed E-state index contributed by atoms with van der Waals surface area (Å²) in [6.45, 7) is 0.433. The van der Waals surface area contributed by atoms with E-state index in [-0.39, 0.29) is 29.8 Å². The van der Waals surface area contributed by atoms with Gasteiger partial charge in [0.25, 0.3) is 0 Å². The van der Waals surface area contributed by atoms with E-state index in [0.717, 1.165) is 11.3 Å². The lowest BCUT2D eigenvalue weighted by molar-refractivity contribution is -0.120. The Morgan fingerprint density at radius 3 is 2.90 bits per heavy atom. The summed E-state index contributed by atoms with van der Waals surface area (Å²) in [5.41, 5.74) is 0.876. The Morgan fingerprint density at radius 1 is 1.45 bits per heavy atom. The third-order valence-corrected chi connectivity index (χ3v) is 5.25. The van der Waals surface area contributed by atoms with Gasteiger partial charge >= 0.3 is 0 Å². The maximum absolute atomic E-state index is 11.8. The second kappa shape index (κ2) is 6.26. The van der Waals surface area contributed by atoms with Crippen LogP contribution in [0.25, 0.3) is 0 Å². The van der Waals surface area contributed by atoms with Crippen molar-refractivity contribution in [2.75, 3.05) is 25.2 Å². The molecule has 0 bridgehead atoms. The van der Waals surface area contributed by atoms with Gasteiger partial charge in [-0.3, -0.25) is 4.79 Å². The molecule has 1 unspecified atom stereocenters. The topological polar surface area (TPSA) is 72.5 Å². The minimum atomic E-state index is -2.88. The van der Waals surface area contributed by atoms with Crippen LogP contribution in [0.5, 0.6) is 5.75 Å².